The molecule has 0 saturated carbocycles. The molecule has 0 saturated heterocycles. The quantitative estimate of drug-likeness (QED) is 0.537. The number of benzene rings is 1. The summed E-state index contributed by atoms with van der Waals surface area (Å²) in [5.74, 6) is -0.0393. The van der Waals surface area contributed by atoms with Crippen molar-refractivity contribution in [2.45, 2.75) is 32.7 Å². The first-order chi connectivity index (χ1) is 15.0. The van der Waals surface area contributed by atoms with Gasteiger partial charge < -0.3 is 10.3 Å². The fourth-order valence-electron chi connectivity index (χ4n) is 4.28. The van der Waals surface area contributed by atoms with Gasteiger partial charge in [-0.2, -0.15) is 0 Å². The largest absolute Gasteiger partial charge is 0.361 e. The lowest BCUT2D eigenvalue weighted by Gasteiger charge is -2.22. The SMILES string of the molecule is CC1=c2c(cc([C@H](C)Nc3ncnc4[nH]cc(F)c34)n(-c3ccccc3)c2=O)=CCC1. The van der Waals surface area contributed by atoms with Crippen molar-refractivity contribution in [3.8, 4) is 5.69 Å². The van der Waals surface area contributed by atoms with Crippen molar-refractivity contribution < 1.29 is 4.39 Å². The summed E-state index contributed by atoms with van der Waals surface area (Å²) in [6, 6.07) is 11.3. The first-order valence-electron chi connectivity index (χ1n) is 10.3. The van der Waals surface area contributed by atoms with E-state index < -0.39 is 5.82 Å². The lowest BCUT2D eigenvalue weighted by atomic mass is 10.00. The summed E-state index contributed by atoms with van der Waals surface area (Å²) >= 11 is 0. The minimum absolute atomic E-state index is 0.0403. The summed E-state index contributed by atoms with van der Waals surface area (Å²) in [5.41, 5.74) is 3.06. The predicted octanol–water partition coefficient (Wildman–Crippen LogP) is 3.17. The standard InChI is InChI=1S/C24H22FN5O/c1-14-7-6-8-16-11-19(30(24(31)20(14)16)17-9-4-3-5-10-17)15(2)29-23-21-18(25)12-26-22(21)27-13-28-23/h3-5,8-13,15H,6-7H2,1-2H3,(H2,26,27,28,29)/t15-/m0/s1. The fraction of sp³-hybridized carbons (Fsp3) is 0.208. The lowest BCUT2D eigenvalue weighted by molar-refractivity contribution is 0.639. The third-order valence-corrected chi connectivity index (χ3v) is 5.81. The highest BCUT2D eigenvalue weighted by Gasteiger charge is 2.19. The number of H-pyrrole nitrogens is 1. The second-order valence-electron chi connectivity index (χ2n) is 7.85. The van der Waals surface area contributed by atoms with Crippen LogP contribution in [-0.4, -0.2) is 19.5 Å². The van der Waals surface area contributed by atoms with Gasteiger partial charge in [-0.05, 0) is 50.1 Å². The first-order valence-corrected chi connectivity index (χ1v) is 10.3. The summed E-state index contributed by atoms with van der Waals surface area (Å²) in [4.78, 5) is 24.8. The van der Waals surface area contributed by atoms with Gasteiger partial charge in [0, 0.05) is 22.8 Å². The Bertz CT molecular complexity index is 1470. The van der Waals surface area contributed by atoms with Crippen molar-refractivity contribution >= 4 is 28.5 Å². The van der Waals surface area contributed by atoms with Crippen molar-refractivity contribution in [2.75, 3.05) is 5.32 Å². The summed E-state index contributed by atoms with van der Waals surface area (Å²) < 4.78 is 16.1. The van der Waals surface area contributed by atoms with Crippen LogP contribution >= 0.6 is 0 Å². The molecule has 0 fully saturated rings. The van der Waals surface area contributed by atoms with Crippen LogP contribution in [0.5, 0.6) is 0 Å². The Morgan fingerprint density at radius 2 is 2.03 bits per heavy atom. The van der Waals surface area contributed by atoms with Gasteiger partial charge in [0.05, 0.1) is 11.4 Å². The number of fused-ring (bicyclic) bond motifs is 2. The van der Waals surface area contributed by atoms with Crippen LogP contribution in [0.4, 0.5) is 10.2 Å². The van der Waals surface area contributed by atoms with Crippen molar-refractivity contribution in [1.29, 1.82) is 0 Å². The van der Waals surface area contributed by atoms with E-state index in [0.29, 0.717) is 16.9 Å². The smallest absolute Gasteiger partial charge is 0.263 e. The number of para-hydroxylation sites is 1. The van der Waals surface area contributed by atoms with E-state index in [-0.39, 0.29) is 11.6 Å². The summed E-state index contributed by atoms with van der Waals surface area (Å²) in [5, 5.41) is 5.31. The number of aromatic nitrogens is 4. The average Bonchev–Trinajstić information content (AvgIpc) is 3.16. The van der Waals surface area contributed by atoms with Crippen molar-refractivity contribution in [3.63, 3.8) is 0 Å². The number of halogens is 1. The minimum Gasteiger partial charge on any atom is -0.361 e. The molecule has 6 nitrogen and oxygen atoms in total. The van der Waals surface area contributed by atoms with Gasteiger partial charge in [0.2, 0.25) is 0 Å². The number of pyridine rings is 1. The Morgan fingerprint density at radius 1 is 1.23 bits per heavy atom. The van der Waals surface area contributed by atoms with Crippen LogP contribution in [0.3, 0.4) is 0 Å². The average molecular weight is 415 g/mol. The van der Waals surface area contributed by atoms with Gasteiger partial charge in [-0.25, -0.2) is 14.4 Å². The van der Waals surface area contributed by atoms with E-state index >= 15 is 0 Å². The van der Waals surface area contributed by atoms with E-state index in [4.69, 9.17) is 0 Å². The molecule has 0 aliphatic heterocycles. The Labute approximate surface area is 177 Å². The van der Waals surface area contributed by atoms with E-state index in [9.17, 15) is 9.18 Å². The molecule has 1 aliphatic rings. The minimum atomic E-state index is -0.422. The molecule has 4 aromatic rings. The van der Waals surface area contributed by atoms with Gasteiger partial charge in [-0.3, -0.25) is 9.36 Å². The maximum absolute atomic E-state index is 14.3. The van der Waals surface area contributed by atoms with Crippen LogP contribution in [0.1, 0.15) is 38.4 Å². The maximum Gasteiger partial charge on any atom is 0.263 e. The molecule has 1 aliphatic carbocycles. The monoisotopic (exact) mass is 415 g/mol. The number of aromatic amines is 1. The van der Waals surface area contributed by atoms with Gasteiger partial charge in [-0.15, -0.1) is 0 Å². The van der Waals surface area contributed by atoms with E-state index in [1.807, 2.05) is 44.2 Å². The molecule has 0 amide bonds. The second-order valence-corrected chi connectivity index (χ2v) is 7.85. The second kappa shape index (κ2) is 7.50. The fourth-order valence-corrected chi connectivity index (χ4v) is 4.28. The molecule has 3 heterocycles. The number of anilines is 1. The molecule has 7 heteroatoms. The van der Waals surface area contributed by atoms with Crippen LogP contribution in [0.25, 0.3) is 28.4 Å². The highest BCUT2D eigenvalue weighted by Crippen LogP contribution is 2.26. The normalized spacial score (nSPS) is 14.2. The van der Waals surface area contributed by atoms with Crippen LogP contribution in [0, 0.1) is 5.82 Å². The van der Waals surface area contributed by atoms with E-state index in [2.05, 4.69) is 32.4 Å². The van der Waals surface area contributed by atoms with Crippen molar-refractivity contribution in [1.82, 2.24) is 19.5 Å². The zero-order valence-electron chi connectivity index (χ0n) is 17.3. The topological polar surface area (TPSA) is 75.6 Å². The molecule has 0 unspecified atom stereocenters. The number of hydrogen-bond donors (Lipinski definition) is 2. The summed E-state index contributed by atoms with van der Waals surface area (Å²) in [6.07, 6.45) is 6.56. The lowest BCUT2D eigenvalue weighted by Crippen LogP contribution is -2.48. The molecular weight excluding hydrogens is 393 g/mol. The maximum atomic E-state index is 14.3. The highest BCUT2D eigenvalue weighted by molar-refractivity contribution is 5.87. The Kier molecular flexibility index (Phi) is 4.66. The van der Waals surface area contributed by atoms with Crippen LogP contribution < -0.4 is 21.3 Å². The zero-order chi connectivity index (χ0) is 21.5. The molecule has 156 valence electrons. The number of rotatable bonds is 4. The Hall–Kier alpha value is -3.74. The van der Waals surface area contributed by atoms with E-state index in [1.165, 1.54) is 12.5 Å². The first kappa shape index (κ1) is 19.2. The Balaban J connectivity index is 1.72. The summed E-state index contributed by atoms with van der Waals surface area (Å²) in [6.45, 7) is 3.97. The molecule has 0 radical (unpaired) electrons. The van der Waals surface area contributed by atoms with Crippen LogP contribution in [-0.2, 0) is 0 Å². The van der Waals surface area contributed by atoms with Gasteiger partial charge >= 0.3 is 0 Å². The molecule has 1 atom stereocenters. The van der Waals surface area contributed by atoms with Gasteiger partial charge in [0.25, 0.3) is 5.56 Å². The molecule has 2 N–H and O–H groups in total. The van der Waals surface area contributed by atoms with Gasteiger partial charge in [0.1, 0.15) is 17.8 Å². The molecule has 5 rings (SSSR count). The van der Waals surface area contributed by atoms with Crippen LogP contribution in [0.2, 0.25) is 0 Å². The number of hydrogen-bond acceptors (Lipinski definition) is 4. The molecule has 31 heavy (non-hydrogen) atoms. The number of nitrogens with one attached hydrogen (secondary N) is 2. The predicted molar refractivity (Wildman–Crippen MR) is 120 cm³/mol. The van der Waals surface area contributed by atoms with E-state index in [0.717, 1.165) is 40.2 Å². The molecule has 0 spiro atoms. The van der Waals surface area contributed by atoms with Gasteiger partial charge in [-0.1, -0.05) is 29.8 Å². The molecule has 0 bridgehead atoms. The highest BCUT2D eigenvalue weighted by atomic mass is 19.1. The third-order valence-electron chi connectivity index (χ3n) is 5.81. The van der Waals surface area contributed by atoms with Crippen molar-refractivity contribution in [3.05, 3.63) is 81.2 Å². The van der Waals surface area contributed by atoms with Crippen LogP contribution in [0.15, 0.2) is 53.7 Å². The van der Waals surface area contributed by atoms with Crippen molar-refractivity contribution in [2.24, 2.45) is 0 Å². The third kappa shape index (κ3) is 3.22. The Morgan fingerprint density at radius 3 is 2.84 bits per heavy atom. The molecular formula is C24H22FN5O. The zero-order valence-corrected chi connectivity index (χ0v) is 17.3. The molecule has 1 aromatic carbocycles. The number of nitrogens with zero attached hydrogens (tertiary/aromatic N) is 3. The molecule has 3 aromatic heterocycles. The van der Waals surface area contributed by atoms with E-state index in [1.54, 1.807) is 4.57 Å². The van der Waals surface area contributed by atoms with Gasteiger partial charge in [0.15, 0.2) is 5.82 Å². The summed E-state index contributed by atoms with van der Waals surface area (Å²) in [7, 11) is 0.